The first-order valence-electron chi connectivity index (χ1n) is 6.20. The first-order chi connectivity index (χ1) is 8.74. The molecule has 0 radical (unpaired) electrons. The molecule has 0 aromatic heterocycles. The molecule has 0 aliphatic heterocycles. The van der Waals surface area contributed by atoms with Crippen LogP contribution < -0.4 is 5.73 Å². The van der Waals surface area contributed by atoms with E-state index >= 15 is 0 Å². The number of hydrogen-bond donors (Lipinski definition) is 1. The molecule has 1 aliphatic rings. The first kappa shape index (κ1) is 11.0. The van der Waals surface area contributed by atoms with Gasteiger partial charge in [-0.3, -0.25) is 4.79 Å². The molecule has 18 heavy (non-hydrogen) atoms. The van der Waals surface area contributed by atoms with E-state index in [2.05, 4.69) is 18.2 Å². The molecule has 1 unspecified atom stereocenters. The molecule has 2 aromatic carbocycles. The second-order valence-electron chi connectivity index (χ2n) is 4.85. The van der Waals surface area contributed by atoms with E-state index < -0.39 is 0 Å². The molecule has 90 valence electrons. The Morgan fingerprint density at radius 1 is 1.11 bits per heavy atom. The lowest BCUT2D eigenvalue weighted by atomic mass is 9.74. The topological polar surface area (TPSA) is 43.1 Å². The number of rotatable bonds is 3. The standard InChI is InChI=1S/C16H15NO/c17-14-7-5-11(6-8-14)16(18)10-13-9-12-3-1-2-4-15(12)13/h1-8,13H,9-10,17H2. The zero-order valence-electron chi connectivity index (χ0n) is 10.1. The van der Waals surface area contributed by atoms with Gasteiger partial charge in [-0.05, 0) is 47.7 Å². The number of carbonyl (C=O) groups excluding carboxylic acids is 1. The lowest BCUT2D eigenvalue weighted by Crippen LogP contribution is -2.20. The van der Waals surface area contributed by atoms with Gasteiger partial charge in [0.15, 0.2) is 5.78 Å². The van der Waals surface area contributed by atoms with Crippen LogP contribution in [0.2, 0.25) is 0 Å². The van der Waals surface area contributed by atoms with Gasteiger partial charge < -0.3 is 5.73 Å². The summed E-state index contributed by atoms with van der Waals surface area (Å²) in [7, 11) is 0. The number of ketones is 1. The summed E-state index contributed by atoms with van der Waals surface area (Å²) in [5.41, 5.74) is 9.79. The number of hydrogen-bond acceptors (Lipinski definition) is 2. The van der Waals surface area contributed by atoms with Gasteiger partial charge in [0.2, 0.25) is 0 Å². The molecule has 0 spiro atoms. The van der Waals surface area contributed by atoms with Crippen LogP contribution in [-0.4, -0.2) is 5.78 Å². The normalized spacial score (nSPS) is 16.8. The number of anilines is 1. The van der Waals surface area contributed by atoms with Crippen LogP contribution in [0.15, 0.2) is 48.5 Å². The Morgan fingerprint density at radius 3 is 2.56 bits per heavy atom. The summed E-state index contributed by atoms with van der Waals surface area (Å²) in [6, 6.07) is 15.5. The number of nitrogen functional groups attached to an aromatic ring is 1. The SMILES string of the molecule is Nc1ccc(C(=O)CC2Cc3ccccc32)cc1. The van der Waals surface area contributed by atoms with Crippen LogP contribution in [0.4, 0.5) is 5.69 Å². The molecule has 0 heterocycles. The molecule has 0 saturated heterocycles. The van der Waals surface area contributed by atoms with Crippen molar-refractivity contribution in [2.45, 2.75) is 18.8 Å². The highest BCUT2D eigenvalue weighted by atomic mass is 16.1. The van der Waals surface area contributed by atoms with E-state index in [4.69, 9.17) is 5.73 Å². The zero-order chi connectivity index (χ0) is 12.5. The van der Waals surface area contributed by atoms with E-state index in [0.29, 0.717) is 18.0 Å². The number of benzene rings is 2. The molecular weight excluding hydrogens is 222 g/mol. The monoisotopic (exact) mass is 237 g/mol. The summed E-state index contributed by atoms with van der Waals surface area (Å²) in [5, 5.41) is 0. The predicted octanol–water partition coefficient (Wildman–Crippen LogP) is 3.18. The van der Waals surface area contributed by atoms with E-state index in [1.165, 1.54) is 11.1 Å². The minimum Gasteiger partial charge on any atom is -0.399 e. The van der Waals surface area contributed by atoms with Crippen molar-refractivity contribution in [3.63, 3.8) is 0 Å². The third-order valence-corrected chi connectivity index (χ3v) is 3.63. The molecule has 0 amide bonds. The van der Waals surface area contributed by atoms with Gasteiger partial charge in [0.1, 0.15) is 0 Å². The summed E-state index contributed by atoms with van der Waals surface area (Å²) in [6.07, 6.45) is 1.62. The Bertz CT molecular complexity index is 586. The molecule has 2 N–H and O–H groups in total. The van der Waals surface area contributed by atoms with Gasteiger partial charge in [-0.15, -0.1) is 0 Å². The average Bonchev–Trinajstić information content (AvgIpc) is 2.36. The Balaban J connectivity index is 1.72. The van der Waals surface area contributed by atoms with Crippen molar-refractivity contribution in [1.29, 1.82) is 0 Å². The van der Waals surface area contributed by atoms with E-state index in [9.17, 15) is 4.79 Å². The number of fused-ring (bicyclic) bond motifs is 1. The van der Waals surface area contributed by atoms with Crippen molar-refractivity contribution >= 4 is 11.5 Å². The fraction of sp³-hybridized carbons (Fsp3) is 0.188. The fourth-order valence-electron chi connectivity index (χ4n) is 2.56. The van der Waals surface area contributed by atoms with E-state index in [1.54, 1.807) is 12.1 Å². The van der Waals surface area contributed by atoms with Crippen LogP contribution in [-0.2, 0) is 6.42 Å². The average molecular weight is 237 g/mol. The summed E-state index contributed by atoms with van der Waals surface area (Å²) >= 11 is 0. The largest absolute Gasteiger partial charge is 0.399 e. The quantitative estimate of drug-likeness (QED) is 0.658. The minimum absolute atomic E-state index is 0.203. The van der Waals surface area contributed by atoms with Gasteiger partial charge in [0.05, 0.1) is 0 Å². The van der Waals surface area contributed by atoms with E-state index in [1.807, 2.05) is 18.2 Å². The molecule has 2 heteroatoms. The summed E-state index contributed by atoms with van der Waals surface area (Å²) in [4.78, 5) is 12.1. The molecule has 3 rings (SSSR count). The highest BCUT2D eigenvalue weighted by molar-refractivity contribution is 5.97. The van der Waals surface area contributed by atoms with Crippen molar-refractivity contribution in [2.75, 3.05) is 5.73 Å². The van der Waals surface area contributed by atoms with Crippen LogP contribution in [0.3, 0.4) is 0 Å². The second-order valence-corrected chi connectivity index (χ2v) is 4.85. The van der Waals surface area contributed by atoms with Crippen molar-refractivity contribution in [1.82, 2.24) is 0 Å². The lowest BCUT2D eigenvalue weighted by Gasteiger charge is -2.29. The van der Waals surface area contributed by atoms with Crippen molar-refractivity contribution < 1.29 is 4.79 Å². The maximum atomic E-state index is 12.1. The summed E-state index contributed by atoms with van der Waals surface area (Å²) in [5.74, 6) is 0.598. The Kier molecular flexibility index (Phi) is 2.63. The molecule has 0 bridgehead atoms. The molecular formula is C16H15NO. The summed E-state index contributed by atoms with van der Waals surface area (Å²) < 4.78 is 0. The van der Waals surface area contributed by atoms with E-state index in [0.717, 1.165) is 12.0 Å². The molecule has 2 nitrogen and oxygen atoms in total. The van der Waals surface area contributed by atoms with Crippen molar-refractivity contribution in [3.05, 3.63) is 65.2 Å². The molecule has 2 aromatic rings. The van der Waals surface area contributed by atoms with Crippen LogP contribution in [0.25, 0.3) is 0 Å². The van der Waals surface area contributed by atoms with Crippen LogP contribution >= 0.6 is 0 Å². The zero-order valence-corrected chi connectivity index (χ0v) is 10.1. The van der Waals surface area contributed by atoms with Crippen LogP contribution in [0.1, 0.15) is 33.8 Å². The maximum Gasteiger partial charge on any atom is 0.163 e. The van der Waals surface area contributed by atoms with E-state index in [-0.39, 0.29) is 5.78 Å². The van der Waals surface area contributed by atoms with Crippen molar-refractivity contribution in [2.24, 2.45) is 0 Å². The highest BCUT2D eigenvalue weighted by Crippen LogP contribution is 2.37. The number of nitrogens with two attached hydrogens (primary N) is 1. The Hall–Kier alpha value is -2.09. The fourth-order valence-corrected chi connectivity index (χ4v) is 2.56. The number of carbonyl (C=O) groups is 1. The second kappa shape index (κ2) is 4.30. The van der Waals surface area contributed by atoms with Gasteiger partial charge in [0, 0.05) is 17.7 Å². The molecule has 0 saturated carbocycles. The van der Waals surface area contributed by atoms with Gasteiger partial charge in [-0.25, -0.2) is 0 Å². The van der Waals surface area contributed by atoms with Crippen LogP contribution in [0.5, 0.6) is 0 Å². The lowest BCUT2D eigenvalue weighted by molar-refractivity contribution is 0.0970. The molecule has 1 atom stereocenters. The van der Waals surface area contributed by atoms with Gasteiger partial charge in [0.25, 0.3) is 0 Å². The molecule has 0 fully saturated rings. The predicted molar refractivity (Wildman–Crippen MR) is 72.7 cm³/mol. The molecule has 1 aliphatic carbocycles. The third kappa shape index (κ3) is 1.90. The van der Waals surface area contributed by atoms with Gasteiger partial charge in [-0.1, -0.05) is 24.3 Å². The smallest absolute Gasteiger partial charge is 0.163 e. The maximum absolute atomic E-state index is 12.1. The third-order valence-electron chi connectivity index (χ3n) is 3.63. The Labute approximate surface area is 106 Å². The first-order valence-corrected chi connectivity index (χ1v) is 6.20. The Morgan fingerprint density at radius 2 is 1.83 bits per heavy atom. The minimum atomic E-state index is 0.203. The van der Waals surface area contributed by atoms with Gasteiger partial charge in [-0.2, -0.15) is 0 Å². The van der Waals surface area contributed by atoms with Crippen LogP contribution in [0, 0.1) is 0 Å². The summed E-state index contributed by atoms with van der Waals surface area (Å²) in [6.45, 7) is 0. The van der Waals surface area contributed by atoms with Crippen molar-refractivity contribution in [3.8, 4) is 0 Å². The number of Topliss-reactive ketones (excluding diaryl/α,β-unsaturated/α-hetero) is 1. The highest BCUT2D eigenvalue weighted by Gasteiger charge is 2.27. The van der Waals surface area contributed by atoms with Gasteiger partial charge >= 0.3 is 0 Å².